The van der Waals surface area contributed by atoms with E-state index >= 15 is 0 Å². The summed E-state index contributed by atoms with van der Waals surface area (Å²) in [6, 6.07) is 0. The molecule has 0 fully saturated rings. The third kappa shape index (κ3) is 2.55. The van der Waals surface area contributed by atoms with E-state index in [1.165, 1.54) is 14.0 Å². The number of nitrogens with one attached hydrogen (secondary N) is 1. The summed E-state index contributed by atoms with van der Waals surface area (Å²) in [6.07, 6.45) is -3.06. The Balaban J connectivity index is 3.22. The molecule has 0 atom stereocenters. The summed E-state index contributed by atoms with van der Waals surface area (Å²) in [7, 11) is 1.36. The quantitative estimate of drug-likeness (QED) is 0.629. The smallest absolute Gasteiger partial charge is 0.319 e. The van der Waals surface area contributed by atoms with E-state index in [0.29, 0.717) is 0 Å². The summed E-state index contributed by atoms with van der Waals surface area (Å²) < 4.78 is 25.9. The second-order valence-corrected chi connectivity index (χ2v) is 3.21. The number of nitro groups is 1. The van der Waals surface area contributed by atoms with Crippen LogP contribution in [0.4, 0.5) is 14.5 Å². The van der Waals surface area contributed by atoms with Gasteiger partial charge < -0.3 is 5.32 Å². The van der Waals surface area contributed by atoms with E-state index in [1.54, 1.807) is 0 Å². The minimum atomic E-state index is -3.06. The number of hydrogen-bond donors (Lipinski definition) is 1. The number of amides is 1. The van der Waals surface area contributed by atoms with Gasteiger partial charge in [-0.2, -0.15) is 5.10 Å². The van der Waals surface area contributed by atoms with Crippen LogP contribution in [0.5, 0.6) is 0 Å². The summed E-state index contributed by atoms with van der Waals surface area (Å²) in [4.78, 5) is 20.8. The number of carbonyl (C=O) groups is 1. The van der Waals surface area contributed by atoms with Gasteiger partial charge in [-0.3, -0.25) is 19.6 Å². The van der Waals surface area contributed by atoms with Crippen molar-refractivity contribution in [1.29, 1.82) is 0 Å². The van der Waals surface area contributed by atoms with E-state index in [4.69, 9.17) is 0 Å². The van der Waals surface area contributed by atoms with E-state index in [-0.39, 0.29) is 12.2 Å². The zero-order valence-corrected chi connectivity index (χ0v) is 9.11. The van der Waals surface area contributed by atoms with Crippen molar-refractivity contribution in [2.45, 2.75) is 19.9 Å². The number of aromatic nitrogens is 2. The van der Waals surface area contributed by atoms with E-state index in [0.717, 1.165) is 4.68 Å². The molecule has 1 aromatic rings. The monoisotopic (exact) mass is 248 g/mol. The zero-order valence-electron chi connectivity index (χ0n) is 9.11. The lowest BCUT2D eigenvalue weighted by atomic mass is 10.3. The van der Waals surface area contributed by atoms with Gasteiger partial charge in [-0.1, -0.05) is 0 Å². The largest absolute Gasteiger partial charge is 0.358 e. The Labute approximate surface area is 94.6 Å². The molecule has 0 aliphatic carbocycles. The Hall–Kier alpha value is -2.06. The molecule has 1 N–H and O–H groups in total. The lowest BCUT2D eigenvalue weighted by Gasteiger charge is -2.01. The molecule has 0 aliphatic heterocycles. The molecule has 0 aromatic carbocycles. The van der Waals surface area contributed by atoms with Crippen LogP contribution in [0.2, 0.25) is 0 Å². The SMILES string of the molecule is CNC(=O)Cn1nc(C(F)F)c([N+](=O)[O-])c1C. The zero-order chi connectivity index (χ0) is 13.2. The molecule has 0 spiro atoms. The lowest BCUT2D eigenvalue weighted by molar-refractivity contribution is -0.386. The number of alkyl halides is 2. The predicted molar refractivity (Wildman–Crippen MR) is 52.6 cm³/mol. The Morgan fingerprint density at radius 3 is 2.59 bits per heavy atom. The van der Waals surface area contributed by atoms with Crippen molar-refractivity contribution in [3.05, 3.63) is 21.5 Å². The van der Waals surface area contributed by atoms with Gasteiger partial charge in [0.25, 0.3) is 6.43 Å². The van der Waals surface area contributed by atoms with Crippen LogP contribution in [-0.2, 0) is 11.3 Å². The van der Waals surface area contributed by atoms with Crippen LogP contribution in [0.1, 0.15) is 17.8 Å². The normalized spacial score (nSPS) is 10.6. The molecule has 0 saturated heterocycles. The molecule has 0 bridgehead atoms. The Kier molecular flexibility index (Phi) is 3.71. The van der Waals surface area contributed by atoms with Crippen molar-refractivity contribution in [3.63, 3.8) is 0 Å². The fraction of sp³-hybridized carbons (Fsp3) is 0.500. The van der Waals surface area contributed by atoms with Crippen LogP contribution < -0.4 is 5.32 Å². The van der Waals surface area contributed by atoms with Gasteiger partial charge in [0.05, 0.1) is 4.92 Å². The average molecular weight is 248 g/mol. The van der Waals surface area contributed by atoms with Gasteiger partial charge in [0.15, 0.2) is 0 Å². The van der Waals surface area contributed by atoms with Crippen molar-refractivity contribution in [3.8, 4) is 0 Å². The fourth-order valence-electron chi connectivity index (χ4n) is 1.30. The molecule has 0 aliphatic rings. The maximum absolute atomic E-state index is 12.5. The van der Waals surface area contributed by atoms with Crippen LogP contribution in [0.3, 0.4) is 0 Å². The highest BCUT2D eigenvalue weighted by atomic mass is 19.3. The van der Waals surface area contributed by atoms with Gasteiger partial charge >= 0.3 is 5.69 Å². The molecule has 1 rings (SSSR count). The Morgan fingerprint density at radius 1 is 1.65 bits per heavy atom. The van der Waals surface area contributed by atoms with E-state index in [1.807, 2.05) is 0 Å². The maximum atomic E-state index is 12.5. The molecule has 94 valence electrons. The van der Waals surface area contributed by atoms with Gasteiger partial charge in [0.1, 0.15) is 12.2 Å². The number of halogens is 2. The van der Waals surface area contributed by atoms with Crippen molar-refractivity contribution < 1.29 is 18.5 Å². The molecule has 9 heteroatoms. The van der Waals surface area contributed by atoms with Gasteiger partial charge in [0, 0.05) is 7.05 Å². The van der Waals surface area contributed by atoms with E-state index in [2.05, 4.69) is 10.4 Å². The van der Waals surface area contributed by atoms with E-state index < -0.39 is 28.6 Å². The number of nitrogens with zero attached hydrogens (tertiary/aromatic N) is 3. The molecule has 1 heterocycles. The predicted octanol–water partition coefficient (Wildman–Crippen LogP) is 0.783. The second-order valence-electron chi connectivity index (χ2n) is 3.21. The molecule has 1 aromatic heterocycles. The molecule has 0 saturated carbocycles. The number of rotatable bonds is 4. The third-order valence-electron chi connectivity index (χ3n) is 2.16. The first-order valence-electron chi connectivity index (χ1n) is 4.58. The molecule has 0 radical (unpaired) electrons. The molecular formula is C8H10F2N4O3. The molecule has 7 nitrogen and oxygen atoms in total. The van der Waals surface area contributed by atoms with Crippen molar-refractivity contribution in [1.82, 2.24) is 15.1 Å². The summed E-state index contributed by atoms with van der Waals surface area (Å²) in [5, 5.41) is 16.3. The van der Waals surface area contributed by atoms with Crippen LogP contribution in [-0.4, -0.2) is 27.7 Å². The van der Waals surface area contributed by atoms with Crippen LogP contribution in [0.25, 0.3) is 0 Å². The Bertz CT molecular complexity index is 458. The fourth-order valence-corrected chi connectivity index (χ4v) is 1.30. The minimum absolute atomic E-state index is 0.0751. The molecule has 17 heavy (non-hydrogen) atoms. The van der Waals surface area contributed by atoms with Crippen molar-refractivity contribution in [2.75, 3.05) is 7.05 Å². The highest BCUT2D eigenvalue weighted by Crippen LogP contribution is 2.30. The first-order chi connectivity index (χ1) is 7.88. The minimum Gasteiger partial charge on any atom is -0.358 e. The average Bonchev–Trinajstić information content (AvgIpc) is 2.56. The summed E-state index contributed by atoms with van der Waals surface area (Å²) in [5.41, 5.74) is -1.74. The first kappa shape index (κ1) is 13.0. The maximum Gasteiger partial charge on any atom is 0.319 e. The van der Waals surface area contributed by atoms with Crippen molar-refractivity contribution >= 4 is 11.6 Å². The standard InChI is InChI=1S/C8H10F2N4O3/c1-4-7(14(16)17)6(8(9)10)12-13(4)3-5(15)11-2/h8H,3H2,1-2H3,(H,11,15). The number of hydrogen-bond acceptors (Lipinski definition) is 4. The highest BCUT2D eigenvalue weighted by Gasteiger charge is 2.31. The Morgan fingerprint density at radius 2 is 2.24 bits per heavy atom. The summed E-state index contributed by atoms with van der Waals surface area (Å²) in [6.45, 7) is 0.926. The van der Waals surface area contributed by atoms with Gasteiger partial charge in [-0.15, -0.1) is 0 Å². The third-order valence-corrected chi connectivity index (χ3v) is 2.16. The molecular weight excluding hydrogens is 238 g/mol. The second kappa shape index (κ2) is 4.85. The van der Waals surface area contributed by atoms with Gasteiger partial charge in [-0.25, -0.2) is 8.78 Å². The van der Waals surface area contributed by atoms with Gasteiger partial charge in [0.2, 0.25) is 11.6 Å². The molecule has 1 amide bonds. The molecule has 0 unspecified atom stereocenters. The lowest BCUT2D eigenvalue weighted by Crippen LogP contribution is -2.24. The number of likely N-dealkylation sites (N-methyl/N-ethyl adjacent to an activating group) is 1. The van der Waals surface area contributed by atoms with Gasteiger partial charge in [-0.05, 0) is 6.92 Å². The van der Waals surface area contributed by atoms with E-state index in [9.17, 15) is 23.7 Å². The van der Waals surface area contributed by atoms with Crippen LogP contribution in [0, 0.1) is 17.0 Å². The first-order valence-corrected chi connectivity index (χ1v) is 4.58. The highest BCUT2D eigenvalue weighted by molar-refractivity contribution is 5.75. The van der Waals surface area contributed by atoms with Crippen LogP contribution >= 0.6 is 0 Å². The topological polar surface area (TPSA) is 90.1 Å². The summed E-state index contributed by atoms with van der Waals surface area (Å²) in [5.74, 6) is -0.480. The van der Waals surface area contributed by atoms with Crippen LogP contribution in [0.15, 0.2) is 0 Å². The number of carbonyl (C=O) groups excluding carboxylic acids is 1. The summed E-state index contributed by atoms with van der Waals surface area (Å²) >= 11 is 0. The van der Waals surface area contributed by atoms with Crippen molar-refractivity contribution in [2.24, 2.45) is 0 Å².